The summed E-state index contributed by atoms with van der Waals surface area (Å²) in [6, 6.07) is 1.99. The highest BCUT2D eigenvalue weighted by Crippen LogP contribution is 2.24. The Morgan fingerprint density at radius 2 is 2.20 bits per heavy atom. The topological polar surface area (TPSA) is 53.3 Å². The van der Waals surface area contributed by atoms with Crippen molar-refractivity contribution in [2.75, 3.05) is 32.7 Å². The average Bonchev–Trinajstić information content (AvgIpc) is 3.10. The van der Waals surface area contributed by atoms with E-state index in [2.05, 4.69) is 15.3 Å². The lowest BCUT2D eigenvalue weighted by molar-refractivity contribution is 0.00999. The zero-order valence-corrected chi connectivity index (χ0v) is 12.2. The fourth-order valence-electron chi connectivity index (χ4n) is 3.46. The summed E-state index contributed by atoms with van der Waals surface area (Å²) in [5.74, 6) is 0.812. The average molecular weight is 278 g/mol. The molecule has 112 valence electrons. The molecule has 0 amide bonds. The first-order valence-electron chi connectivity index (χ1n) is 7.86. The first-order chi connectivity index (χ1) is 9.73. The predicted octanol–water partition coefficient (Wildman–Crippen LogP) is 0.710. The van der Waals surface area contributed by atoms with E-state index in [1.807, 2.05) is 23.1 Å². The molecule has 2 fully saturated rings. The fraction of sp³-hybridized carbons (Fsp3) is 0.800. The van der Waals surface area contributed by atoms with Crippen LogP contribution in [0.2, 0.25) is 0 Å². The molecule has 0 saturated carbocycles. The number of rotatable bonds is 5. The molecule has 2 saturated heterocycles. The van der Waals surface area contributed by atoms with E-state index in [-0.39, 0.29) is 0 Å². The molecule has 0 bridgehead atoms. The van der Waals surface area contributed by atoms with Crippen molar-refractivity contribution in [3.05, 3.63) is 18.5 Å². The minimum atomic E-state index is -0.484. The number of aromatic nitrogens is 2. The Balaban J connectivity index is 1.38. The van der Waals surface area contributed by atoms with Gasteiger partial charge in [0.2, 0.25) is 0 Å². The monoisotopic (exact) mass is 278 g/mol. The van der Waals surface area contributed by atoms with E-state index >= 15 is 0 Å². The van der Waals surface area contributed by atoms with E-state index in [1.54, 1.807) is 0 Å². The van der Waals surface area contributed by atoms with Gasteiger partial charge in [-0.15, -0.1) is 0 Å². The molecule has 3 heterocycles. The molecule has 3 rings (SSSR count). The normalized spacial score (nSPS) is 29.1. The summed E-state index contributed by atoms with van der Waals surface area (Å²) < 4.78 is 2.03. The smallest absolute Gasteiger partial charge is 0.0909 e. The van der Waals surface area contributed by atoms with Gasteiger partial charge in [0, 0.05) is 32.0 Å². The van der Waals surface area contributed by atoms with Crippen LogP contribution in [0.3, 0.4) is 0 Å². The molecule has 1 aromatic heterocycles. The highest BCUT2D eigenvalue weighted by molar-refractivity contribution is 4.91. The van der Waals surface area contributed by atoms with E-state index in [0.29, 0.717) is 0 Å². The maximum absolute atomic E-state index is 10.4. The van der Waals surface area contributed by atoms with Crippen molar-refractivity contribution < 1.29 is 5.11 Å². The van der Waals surface area contributed by atoms with Crippen LogP contribution in [0.25, 0.3) is 0 Å². The summed E-state index contributed by atoms with van der Waals surface area (Å²) in [4.78, 5) is 2.44. The van der Waals surface area contributed by atoms with Gasteiger partial charge in [-0.05, 0) is 57.3 Å². The van der Waals surface area contributed by atoms with Crippen molar-refractivity contribution in [3.63, 3.8) is 0 Å². The van der Waals surface area contributed by atoms with E-state index in [1.165, 1.54) is 19.3 Å². The number of aliphatic hydroxyl groups is 1. The van der Waals surface area contributed by atoms with Crippen LogP contribution in [0.5, 0.6) is 0 Å². The number of hydrogen-bond donors (Lipinski definition) is 2. The molecule has 5 heteroatoms. The second-order valence-electron chi connectivity index (χ2n) is 6.43. The maximum Gasteiger partial charge on any atom is 0.0909 e. The minimum Gasteiger partial charge on any atom is -0.387 e. The van der Waals surface area contributed by atoms with Crippen LogP contribution >= 0.6 is 0 Å². The van der Waals surface area contributed by atoms with Gasteiger partial charge in [0.25, 0.3) is 0 Å². The summed E-state index contributed by atoms with van der Waals surface area (Å²) in [5.41, 5.74) is -0.484. The maximum atomic E-state index is 10.4. The molecular weight excluding hydrogens is 252 g/mol. The molecule has 2 aliphatic heterocycles. The van der Waals surface area contributed by atoms with Crippen molar-refractivity contribution in [2.45, 2.75) is 37.8 Å². The summed E-state index contributed by atoms with van der Waals surface area (Å²) in [6.45, 7) is 5.85. The highest BCUT2D eigenvalue weighted by Gasteiger charge is 2.34. The van der Waals surface area contributed by atoms with Gasteiger partial charge in [-0.25, -0.2) is 0 Å². The van der Waals surface area contributed by atoms with Gasteiger partial charge in [0.05, 0.1) is 5.60 Å². The summed E-state index contributed by atoms with van der Waals surface area (Å²) in [5, 5.41) is 17.9. The number of piperidine rings is 1. The molecule has 0 aromatic carbocycles. The van der Waals surface area contributed by atoms with Gasteiger partial charge in [-0.1, -0.05) is 0 Å². The number of aryl methyl sites for hydroxylation is 1. The van der Waals surface area contributed by atoms with Crippen LogP contribution in [0.1, 0.15) is 25.7 Å². The zero-order chi connectivity index (χ0) is 13.8. The van der Waals surface area contributed by atoms with Crippen molar-refractivity contribution in [1.29, 1.82) is 0 Å². The Bertz CT molecular complexity index is 392. The van der Waals surface area contributed by atoms with E-state index in [0.717, 1.165) is 51.6 Å². The van der Waals surface area contributed by atoms with Gasteiger partial charge in [-0.2, -0.15) is 5.10 Å². The zero-order valence-electron chi connectivity index (χ0n) is 12.2. The Morgan fingerprint density at radius 1 is 1.35 bits per heavy atom. The minimum absolute atomic E-state index is 0.484. The number of β-amino-alcohol motifs (C(OH)–C–C–N with tert-alkyl or cyclic N) is 1. The van der Waals surface area contributed by atoms with E-state index in [4.69, 9.17) is 0 Å². The molecule has 1 aromatic rings. The third kappa shape index (κ3) is 3.59. The van der Waals surface area contributed by atoms with Crippen LogP contribution in [0.15, 0.2) is 18.5 Å². The van der Waals surface area contributed by atoms with E-state index < -0.39 is 5.60 Å². The van der Waals surface area contributed by atoms with Crippen molar-refractivity contribution in [1.82, 2.24) is 20.0 Å². The number of hydrogen-bond acceptors (Lipinski definition) is 4. The van der Waals surface area contributed by atoms with Gasteiger partial charge in [0.15, 0.2) is 0 Å². The molecule has 2 aliphatic rings. The Hall–Kier alpha value is -0.910. The molecule has 2 N–H and O–H groups in total. The van der Waals surface area contributed by atoms with Crippen LogP contribution < -0.4 is 5.32 Å². The third-order valence-electron chi connectivity index (χ3n) is 4.77. The molecule has 1 atom stereocenters. The third-order valence-corrected chi connectivity index (χ3v) is 4.77. The molecule has 0 aliphatic carbocycles. The van der Waals surface area contributed by atoms with Crippen LogP contribution in [0.4, 0.5) is 0 Å². The first kappa shape index (κ1) is 14.0. The lowest BCUT2D eigenvalue weighted by Gasteiger charge is -2.36. The first-order valence-corrected chi connectivity index (χ1v) is 7.86. The second-order valence-corrected chi connectivity index (χ2v) is 6.43. The number of likely N-dealkylation sites (tertiary alicyclic amines) is 1. The molecule has 0 radical (unpaired) electrons. The SMILES string of the molecule is O[C@]1(CN2CCC(CCn3cccn3)CC2)CCNC1. The predicted molar refractivity (Wildman–Crippen MR) is 78.4 cm³/mol. The van der Waals surface area contributed by atoms with Crippen molar-refractivity contribution >= 4 is 0 Å². The summed E-state index contributed by atoms with van der Waals surface area (Å²) in [6.07, 6.45) is 8.51. The lowest BCUT2D eigenvalue weighted by Crippen LogP contribution is -2.47. The van der Waals surface area contributed by atoms with Crippen LogP contribution in [0, 0.1) is 5.92 Å². The van der Waals surface area contributed by atoms with Gasteiger partial charge < -0.3 is 15.3 Å². The summed E-state index contributed by atoms with van der Waals surface area (Å²) in [7, 11) is 0. The number of nitrogens with zero attached hydrogens (tertiary/aromatic N) is 3. The van der Waals surface area contributed by atoms with Crippen LogP contribution in [-0.2, 0) is 6.54 Å². The highest BCUT2D eigenvalue weighted by atomic mass is 16.3. The van der Waals surface area contributed by atoms with Crippen LogP contribution in [-0.4, -0.2) is 58.1 Å². The Morgan fingerprint density at radius 3 is 2.85 bits per heavy atom. The quantitative estimate of drug-likeness (QED) is 0.833. The van der Waals surface area contributed by atoms with Crippen molar-refractivity contribution in [3.8, 4) is 0 Å². The van der Waals surface area contributed by atoms with Gasteiger partial charge in [0.1, 0.15) is 0 Å². The molecule has 5 nitrogen and oxygen atoms in total. The van der Waals surface area contributed by atoms with Crippen molar-refractivity contribution in [2.24, 2.45) is 5.92 Å². The molecule has 0 spiro atoms. The van der Waals surface area contributed by atoms with Gasteiger partial charge in [-0.3, -0.25) is 4.68 Å². The molecule has 20 heavy (non-hydrogen) atoms. The van der Waals surface area contributed by atoms with Gasteiger partial charge >= 0.3 is 0 Å². The molecular formula is C15H26N4O. The van der Waals surface area contributed by atoms with E-state index in [9.17, 15) is 5.11 Å². The summed E-state index contributed by atoms with van der Waals surface area (Å²) >= 11 is 0. The standard InChI is InChI=1S/C15H26N4O/c20-15(5-7-16-12-15)13-18-9-2-14(3-10-18)4-11-19-8-1-6-17-19/h1,6,8,14,16,20H,2-5,7,9-13H2/t15-/m1/s1. The number of nitrogens with one attached hydrogen (secondary N) is 1. The largest absolute Gasteiger partial charge is 0.387 e. The lowest BCUT2D eigenvalue weighted by atomic mass is 9.92. The molecule has 0 unspecified atom stereocenters. The second kappa shape index (κ2) is 6.24. The fourth-order valence-corrected chi connectivity index (χ4v) is 3.46. The Labute approximate surface area is 121 Å². The Kier molecular flexibility index (Phi) is 4.38.